The second-order valence-corrected chi connectivity index (χ2v) is 7.33. The van der Waals surface area contributed by atoms with E-state index in [1.54, 1.807) is 48.5 Å². The first-order valence-electron chi connectivity index (χ1n) is 7.94. The highest BCUT2D eigenvalue weighted by molar-refractivity contribution is 14.1. The average molecular weight is 460 g/mol. The van der Waals surface area contributed by atoms with Gasteiger partial charge in [0.2, 0.25) is 0 Å². The van der Waals surface area contributed by atoms with Gasteiger partial charge in [-0.05, 0) is 65.1 Å². The first kappa shape index (κ1) is 18.2. The van der Waals surface area contributed by atoms with E-state index in [2.05, 4.69) is 0 Å². The van der Waals surface area contributed by atoms with Crippen molar-refractivity contribution < 1.29 is 22.7 Å². The Bertz CT molecular complexity index is 788. The second kappa shape index (κ2) is 6.97. The van der Waals surface area contributed by atoms with Crippen molar-refractivity contribution in [2.24, 2.45) is 0 Å². The molecule has 0 saturated heterocycles. The summed E-state index contributed by atoms with van der Waals surface area (Å²) in [4.78, 5) is 12.6. The predicted octanol–water partition coefficient (Wildman–Crippen LogP) is 5.63. The summed E-state index contributed by atoms with van der Waals surface area (Å²) in [6.07, 6.45) is -4.21. The van der Waals surface area contributed by atoms with E-state index in [0.29, 0.717) is 22.0 Å². The van der Waals surface area contributed by atoms with Gasteiger partial charge < -0.3 is 4.74 Å². The van der Waals surface area contributed by atoms with Crippen molar-refractivity contribution in [2.75, 3.05) is 0 Å². The molecule has 1 unspecified atom stereocenters. The quantitative estimate of drug-likeness (QED) is 0.439. The molecule has 25 heavy (non-hydrogen) atoms. The van der Waals surface area contributed by atoms with Crippen molar-refractivity contribution in [2.45, 2.75) is 37.5 Å². The number of halogens is 4. The average Bonchev–Trinajstić information content (AvgIpc) is 2.54. The number of carbonyl (C=O) groups excluding carboxylic acids is 1. The SMILES string of the molecule is O=C(OC1(CC(F)(F)F)CCCc2ccccc21)c1ccccc1I. The van der Waals surface area contributed by atoms with Gasteiger partial charge in [0.05, 0.1) is 12.0 Å². The molecular formula is C19H16F3IO2. The number of aryl methyl sites for hydroxylation is 1. The number of esters is 1. The summed E-state index contributed by atoms with van der Waals surface area (Å²) in [6, 6.07) is 13.7. The van der Waals surface area contributed by atoms with E-state index in [1.165, 1.54) is 0 Å². The zero-order valence-corrected chi connectivity index (χ0v) is 15.4. The Labute approximate surface area is 157 Å². The zero-order chi connectivity index (χ0) is 18.1. The highest BCUT2D eigenvalue weighted by Gasteiger charge is 2.48. The maximum atomic E-state index is 13.3. The van der Waals surface area contributed by atoms with Crippen LogP contribution in [0.5, 0.6) is 0 Å². The molecule has 0 amide bonds. The number of fused-ring (bicyclic) bond motifs is 1. The molecule has 0 heterocycles. The zero-order valence-electron chi connectivity index (χ0n) is 13.3. The number of ether oxygens (including phenoxy) is 1. The summed E-state index contributed by atoms with van der Waals surface area (Å²) in [6.45, 7) is 0. The molecule has 1 aliphatic carbocycles. The van der Waals surface area contributed by atoms with Crippen LogP contribution in [0.25, 0.3) is 0 Å². The van der Waals surface area contributed by atoms with Crippen LogP contribution in [0.15, 0.2) is 48.5 Å². The summed E-state index contributed by atoms with van der Waals surface area (Å²) >= 11 is 1.98. The van der Waals surface area contributed by atoms with Crippen LogP contribution in [0.1, 0.15) is 40.7 Å². The largest absolute Gasteiger partial charge is 0.450 e. The van der Waals surface area contributed by atoms with Gasteiger partial charge in [-0.1, -0.05) is 36.4 Å². The molecule has 0 N–H and O–H groups in total. The van der Waals surface area contributed by atoms with Gasteiger partial charge in [-0.25, -0.2) is 4.79 Å². The Morgan fingerprint density at radius 3 is 2.52 bits per heavy atom. The maximum absolute atomic E-state index is 13.3. The van der Waals surface area contributed by atoms with Gasteiger partial charge in [0.1, 0.15) is 5.60 Å². The van der Waals surface area contributed by atoms with E-state index < -0.39 is 24.2 Å². The fourth-order valence-corrected chi connectivity index (χ4v) is 4.00. The molecule has 0 bridgehead atoms. The lowest BCUT2D eigenvalue weighted by molar-refractivity contribution is -0.182. The minimum atomic E-state index is -4.44. The minimum absolute atomic E-state index is 0.165. The van der Waals surface area contributed by atoms with Crippen molar-refractivity contribution in [3.8, 4) is 0 Å². The van der Waals surface area contributed by atoms with Crippen molar-refractivity contribution >= 4 is 28.6 Å². The number of alkyl halides is 3. The molecule has 0 saturated carbocycles. The Morgan fingerprint density at radius 1 is 1.12 bits per heavy atom. The van der Waals surface area contributed by atoms with Gasteiger partial charge in [0.15, 0.2) is 0 Å². The van der Waals surface area contributed by atoms with E-state index in [0.717, 1.165) is 5.56 Å². The smallest absolute Gasteiger partial charge is 0.393 e. The Hall–Kier alpha value is -1.57. The van der Waals surface area contributed by atoms with Gasteiger partial charge in [-0.3, -0.25) is 0 Å². The topological polar surface area (TPSA) is 26.3 Å². The van der Waals surface area contributed by atoms with Crippen LogP contribution in [0.3, 0.4) is 0 Å². The molecule has 6 heteroatoms. The van der Waals surface area contributed by atoms with Crippen molar-refractivity contribution in [3.63, 3.8) is 0 Å². The Balaban J connectivity index is 2.02. The number of hydrogen-bond acceptors (Lipinski definition) is 2. The third kappa shape index (κ3) is 3.99. The third-order valence-corrected chi connectivity index (χ3v) is 5.34. The minimum Gasteiger partial charge on any atom is -0.450 e. The highest BCUT2D eigenvalue weighted by Crippen LogP contribution is 2.46. The molecule has 132 valence electrons. The molecule has 0 fully saturated rings. The predicted molar refractivity (Wildman–Crippen MR) is 96.3 cm³/mol. The van der Waals surface area contributed by atoms with Crippen LogP contribution >= 0.6 is 22.6 Å². The number of rotatable bonds is 3. The van der Waals surface area contributed by atoms with Crippen LogP contribution in [-0.4, -0.2) is 12.1 Å². The summed E-state index contributed by atoms with van der Waals surface area (Å²) in [5.74, 6) is -0.717. The summed E-state index contributed by atoms with van der Waals surface area (Å²) in [5.41, 5.74) is -0.0950. The molecule has 0 aromatic heterocycles. The normalized spacial score (nSPS) is 20.0. The van der Waals surface area contributed by atoms with E-state index >= 15 is 0 Å². The lowest BCUT2D eigenvalue weighted by atomic mass is 9.76. The lowest BCUT2D eigenvalue weighted by Crippen LogP contribution is -2.40. The molecule has 0 radical (unpaired) electrons. The number of hydrogen-bond donors (Lipinski definition) is 0. The van der Waals surface area contributed by atoms with Crippen LogP contribution in [0, 0.1) is 3.57 Å². The van der Waals surface area contributed by atoms with Crippen molar-refractivity contribution in [3.05, 3.63) is 68.8 Å². The first-order chi connectivity index (χ1) is 11.8. The van der Waals surface area contributed by atoms with E-state index in [1.807, 2.05) is 22.6 Å². The Kier molecular flexibility index (Phi) is 5.09. The molecule has 2 aromatic carbocycles. The molecular weight excluding hydrogens is 444 g/mol. The molecule has 1 atom stereocenters. The monoisotopic (exact) mass is 460 g/mol. The maximum Gasteiger partial charge on any atom is 0.393 e. The van der Waals surface area contributed by atoms with E-state index in [9.17, 15) is 18.0 Å². The Morgan fingerprint density at radius 2 is 1.80 bits per heavy atom. The van der Waals surface area contributed by atoms with E-state index in [4.69, 9.17) is 4.74 Å². The van der Waals surface area contributed by atoms with Gasteiger partial charge in [0.25, 0.3) is 0 Å². The van der Waals surface area contributed by atoms with Gasteiger partial charge >= 0.3 is 12.1 Å². The molecule has 0 spiro atoms. The molecule has 3 rings (SSSR count). The van der Waals surface area contributed by atoms with Crippen LogP contribution in [-0.2, 0) is 16.8 Å². The van der Waals surface area contributed by atoms with Gasteiger partial charge in [0, 0.05) is 3.57 Å². The lowest BCUT2D eigenvalue weighted by Gasteiger charge is -2.39. The van der Waals surface area contributed by atoms with Gasteiger partial charge in [-0.2, -0.15) is 13.2 Å². The molecule has 2 aromatic rings. The number of benzene rings is 2. The van der Waals surface area contributed by atoms with Crippen LogP contribution in [0.4, 0.5) is 13.2 Å². The number of carbonyl (C=O) groups is 1. The first-order valence-corrected chi connectivity index (χ1v) is 9.02. The third-order valence-electron chi connectivity index (χ3n) is 4.40. The van der Waals surface area contributed by atoms with Crippen molar-refractivity contribution in [1.82, 2.24) is 0 Å². The van der Waals surface area contributed by atoms with Gasteiger partial charge in [-0.15, -0.1) is 0 Å². The fourth-order valence-electron chi connectivity index (χ4n) is 3.39. The van der Waals surface area contributed by atoms with Crippen molar-refractivity contribution in [1.29, 1.82) is 0 Å². The highest BCUT2D eigenvalue weighted by atomic mass is 127. The van der Waals surface area contributed by atoms with Crippen LogP contribution in [0.2, 0.25) is 0 Å². The fraction of sp³-hybridized carbons (Fsp3) is 0.316. The summed E-state index contributed by atoms with van der Waals surface area (Å²) < 4.78 is 46.2. The van der Waals surface area contributed by atoms with E-state index in [-0.39, 0.29) is 12.0 Å². The van der Waals surface area contributed by atoms with Crippen LogP contribution < -0.4 is 0 Å². The standard InChI is InChI=1S/C19H16F3IO2/c20-19(21,22)12-18(11-5-7-13-6-1-3-9-15(13)18)25-17(24)14-8-2-4-10-16(14)23/h1-4,6,8-10H,5,7,11-12H2. The molecule has 1 aliphatic rings. The summed E-state index contributed by atoms with van der Waals surface area (Å²) in [5, 5.41) is 0. The molecule has 2 nitrogen and oxygen atoms in total. The summed E-state index contributed by atoms with van der Waals surface area (Å²) in [7, 11) is 0. The second-order valence-electron chi connectivity index (χ2n) is 6.17. The molecule has 0 aliphatic heterocycles.